The number of nitrogens with two attached hydrogens (primary N) is 1. The summed E-state index contributed by atoms with van der Waals surface area (Å²) in [6.07, 6.45) is 3.09. The summed E-state index contributed by atoms with van der Waals surface area (Å²) in [6.45, 7) is 0.140. The van der Waals surface area contributed by atoms with Gasteiger partial charge in [0.25, 0.3) is 5.69 Å². The molecule has 1 aromatic carbocycles. The number of nitrogens with zero attached hydrogens (tertiary/aromatic N) is 4. The van der Waals surface area contributed by atoms with Gasteiger partial charge in [0.2, 0.25) is 0 Å². The van der Waals surface area contributed by atoms with E-state index in [0.29, 0.717) is 11.3 Å². The van der Waals surface area contributed by atoms with Gasteiger partial charge in [-0.25, -0.2) is 0 Å². The minimum absolute atomic E-state index is 0.0398. The van der Waals surface area contributed by atoms with Gasteiger partial charge in [0.15, 0.2) is 0 Å². The van der Waals surface area contributed by atoms with Gasteiger partial charge in [-0.1, -0.05) is 17.3 Å². The normalized spacial score (nSPS) is 10.1. The van der Waals surface area contributed by atoms with Crippen LogP contribution in [0.3, 0.4) is 0 Å². The molecular weight excluding hydrogens is 238 g/mol. The molecule has 0 aromatic heterocycles. The Hall–Kier alpha value is -2.73. The number of hydrogen-bond acceptors (Lipinski definition) is 5. The molecule has 18 heavy (non-hydrogen) atoms. The highest BCUT2D eigenvalue weighted by molar-refractivity contribution is 5.75. The summed E-state index contributed by atoms with van der Waals surface area (Å²) in [5.74, 6) is 0.333. The third-order valence-corrected chi connectivity index (χ3v) is 2.14. The molecule has 0 amide bonds. The number of azide groups is 1. The zero-order valence-electron chi connectivity index (χ0n) is 9.61. The van der Waals surface area contributed by atoms with Crippen molar-refractivity contribution < 1.29 is 9.66 Å². The van der Waals surface area contributed by atoms with Gasteiger partial charge in [-0.2, -0.15) is 0 Å². The van der Waals surface area contributed by atoms with Crippen molar-refractivity contribution in [3.05, 3.63) is 44.3 Å². The summed E-state index contributed by atoms with van der Waals surface area (Å²) in [5.41, 5.74) is 14.0. The third-order valence-electron chi connectivity index (χ3n) is 2.14. The molecule has 8 nitrogen and oxygen atoms in total. The maximum Gasteiger partial charge on any atom is 0.296 e. The molecule has 1 rings (SSSR count). The number of hydrogen-bond donors (Lipinski definition) is 1. The Morgan fingerprint density at radius 3 is 2.94 bits per heavy atom. The highest BCUT2D eigenvalue weighted by Crippen LogP contribution is 2.31. The Labute approximate surface area is 102 Å². The summed E-state index contributed by atoms with van der Waals surface area (Å²) in [7, 11) is 1.41. The fourth-order valence-corrected chi connectivity index (χ4v) is 1.30. The van der Waals surface area contributed by atoms with E-state index in [9.17, 15) is 10.1 Å². The van der Waals surface area contributed by atoms with Crippen molar-refractivity contribution in [1.29, 1.82) is 0 Å². The first-order chi connectivity index (χ1) is 8.60. The first-order valence-electron chi connectivity index (χ1n) is 4.89. The van der Waals surface area contributed by atoms with E-state index < -0.39 is 4.92 Å². The zero-order chi connectivity index (χ0) is 13.5. The predicted octanol–water partition coefficient (Wildman–Crippen LogP) is 2.51. The van der Waals surface area contributed by atoms with Crippen LogP contribution in [-0.4, -0.2) is 18.6 Å². The number of nitrogen functional groups attached to an aromatic ring is 1. The van der Waals surface area contributed by atoms with Crippen LogP contribution in [-0.2, 0) is 0 Å². The van der Waals surface area contributed by atoms with Crippen LogP contribution in [0.2, 0.25) is 0 Å². The maximum atomic E-state index is 10.8. The first-order valence-corrected chi connectivity index (χ1v) is 4.89. The van der Waals surface area contributed by atoms with Crippen molar-refractivity contribution in [3.63, 3.8) is 0 Å². The minimum Gasteiger partial charge on any atom is -0.496 e. The molecule has 0 fully saturated rings. The lowest BCUT2D eigenvalue weighted by Gasteiger charge is -2.05. The molecule has 8 heteroatoms. The van der Waals surface area contributed by atoms with Gasteiger partial charge in [0, 0.05) is 17.0 Å². The van der Waals surface area contributed by atoms with E-state index in [1.54, 1.807) is 18.2 Å². The molecule has 0 unspecified atom stereocenters. The molecule has 0 radical (unpaired) electrons. The van der Waals surface area contributed by atoms with E-state index in [-0.39, 0.29) is 17.9 Å². The average Bonchev–Trinajstić information content (AvgIpc) is 2.36. The van der Waals surface area contributed by atoms with Crippen LogP contribution in [0, 0.1) is 10.1 Å². The molecule has 0 aliphatic rings. The first kappa shape index (κ1) is 13.3. The minimum atomic E-state index is -0.581. The molecule has 0 saturated heterocycles. The average molecular weight is 249 g/mol. The molecule has 1 aromatic rings. The SMILES string of the molecule is COc1cc(C=CCN=[N+]=[N-])c(N)c([N+](=O)[O-])c1. The van der Waals surface area contributed by atoms with E-state index in [4.69, 9.17) is 16.0 Å². The number of ether oxygens (including phenoxy) is 1. The van der Waals surface area contributed by atoms with Crippen LogP contribution in [0.25, 0.3) is 16.5 Å². The fourth-order valence-electron chi connectivity index (χ4n) is 1.30. The second kappa shape index (κ2) is 6.12. The van der Waals surface area contributed by atoms with E-state index in [2.05, 4.69) is 10.0 Å². The van der Waals surface area contributed by atoms with Crippen molar-refractivity contribution in [2.45, 2.75) is 0 Å². The second-order valence-electron chi connectivity index (χ2n) is 3.22. The van der Waals surface area contributed by atoms with Gasteiger partial charge in [-0.3, -0.25) is 10.1 Å². The monoisotopic (exact) mass is 249 g/mol. The van der Waals surface area contributed by atoms with E-state index in [1.165, 1.54) is 13.2 Å². The van der Waals surface area contributed by atoms with Crippen LogP contribution >= 0.6 is 0 Å². The smallest absolute Gasteiger partial charge is 0.296 e. The highest BCUT2D eigenvalue weighted by atomic mass is 16.6. The quantitative estimate of drug-likeness (QED) is 0.215. The number of anilines is 1. The largest absolute Gasteiger partial charge is 0.496 e. The van der Waals surface area contributed by atoms with Crippen molar-refractivity contribution in [1.82, 2.24) is 0 Å². The summed E-state index contributed by atoms with van der Waals surface area (Å²) < 4.78 is 4.95. The van der Waals surface area contributed by atoms with Crippen LogP contribution in [0.5, 0.6) is 5.75 Å². The lowest BCUT2D eigenvalue weighted by Crippen LogP contribution is -1.99. The molecule has 0 spiro atoms. The zero-order valence-corrected chi connectivity index (χ0v) is 9.61. The summed E-state index contributed by atoms with van der Waals surface area (Å²) in [5, 5.41) is 14.1. The Morgan fingerprint density at radius 2 is 2.39 bits per heavy atom. The van der Waals surface area contributed by atoms with Crippen LogP contribution < -0.4 is 10.5 Å². The Balaban J connectivity index is 3.17. The second-order valence-corrected chi connectivity index (χ2v) is 3.22. The number of benzene rings is 1. The molecule has 94 valence electrons. The fraction of sp³-hybridized carbons (Fsp3) is 0.200. The maximum absolute atomic E-state index is 10.8. The third kappa shape index (κ3) is 3.13. The van der Waals surface area contributed by atoms with E-state index >= 15 is 0 Å². The Bertz CT molecular complexity index is 535. The number of rotatable bonds is 5. The molecule has 0 heterocycles. The Morgan fingerprint density at radius 1 is 1.67 bits per heavy atom. The van der Waals surface area contributed by atoms with Crippen molar-refractivity contribution in [3.8, 4) is 5.75 Å². The van der Waals surface area contributed by atoms with Crippen molar-refractivity contribution in [2.24, 2.45) is 5.11 Å². The number of nitro groups is 1. The molecule has 0 aliphatic carbocycles. The topological polar surface area (TPSA) is 127 Å². The standard InChI is InChI=1S/C10H11N5O3/c1-18-8-5-7(3-2-4-13-14-12)10(11)9(6-8)15(16)17/h2-3,5-6H,4,11H2,1H3. The van der Waals surface area contributed by atoms with Gasteiger partial charge in [0.05, 0.1) is 18.1 Å². The number of methoxy groups -OCH3 is 1. The predicted molar refractivity (Wildman–Crippen MR) is 67.1 cm³/mol. The van der Waals surface area contributed by atoms with Crippen molar-refractivity contribution in [2.75, 3.05) is 19.4 Å². The van der Waals surface area contributed by atoms with E-state index in [0.717, 1.165) is 0 Å². The van der Waals surface area contributed by atoms with E-state index in [1.807, 2.05) is 0 Å². The summed E-state index contributed by atoms with van der Waals surface area (Å²) in [6, 6.07) is 2.81. The molecule has 2 N–H and O–H groups in total. The van der Waals surface area contributed by atoms with Gasteiger partial charge < -0.3 is 10.5 Å². The summed E-state index contributed by atoms with van der Waals surface area (Å²) in [4.78, 5) is 12.8. The van der Waals surface area contributed by atoms with Gasteiger partial charge >= 0.3 is 0 Å². The molecule has 0 bridgehead atoms. The van der Waals surface area contributed by atoms with Crippen molar-refractivity contribution >= 4 is 17.5 Å². The Kier molecular flexibility index (Phi) is 4.53. The summed E-state index contributed by atoms with van der Waals surface area (Å²) >= 11 is 0. The van der Waals surface area contributed by atoms with Gasteiger partial charge in [-0.15, -0.1) is 0 Å². The van der Waals surface area contributed by atoms with Crippen LogP contribution in [0.4, 0.5) is 11.4 Å². The number of nitro benzene ring substituents is 1. The molecule has 0 aliphatic heterocycles. The lowest BCUT2D eigenvalue weighted by atomic mass is 10.1. The molecule has 0 saturated carbocycles. The molecule has 0 atom stereocenters. The highest BCUT2D eigenvalue weighted by Gasteiger charge is 2.16. The van der Waals surface area contributed by atoms with Crippen LogP contribution in [0.1, 0.15) is 5.56 Å². The molecular formula is C10H11N5O3. The van der Waals surface area contributed by atoms with Crippen LogP contribution in [0.15, 0.2) is 23.3 Å². The van der Waals surface area contributed by atoms with Gasteiger partial charge in [0.1, 0.15) is 11.4 Å². The lowest BCUT2D eigenvalue weighted by molar-refractivity contribution is -0.384. The van der Waals surface area contributed by atoms with Gasteiger partial charge in [-0.05, 0) is 11.6 Å².